The number of ether oxygens (including phenoxy) is 1. The van der Waals surface area contributed by atoms with Gasteiger partial charge in [-0.2, -0.15) is 0 Å². The van der Waals surface area contributed by atoms with Crippen LogP contribution in [-0.4, -0.2) is 67.5 Å². The van der Waals surface area contributed by atoms with Crippen LogP contribution in [0.25, 0.3) is 0 Å². The molecular formula is C21H30BrN5O2S. The molecule has 0 amide bonds. The van der Waals surface area contributed by atoms with Crippen molar-refractivity contribution in [1.29, 1.82) is 0 Å². The molecule has 2 aliphatic heterocycles. The largest absolute Gasteiger partial charge is 0.384 e. The van der Waals surface area contributed by atoms with Gasteiger partial charge < -0.3 is 25.4 Å². The van der Waals surface area contributed by atoms with E-state index in [-0.39, 0.29) is 0 Å². The highest BCUT2D eigenvalue weighted by atomic mass is 79.9. The summed E-state index contributed by atoms with van der Waals surface area (Å²) in [6.07, 6.45) is 2.86. The topological polar surface area (TPSA) is 72.9 Å². The minimum atomic E-state index is -0.837. The Hall–Kier alpha value is -1.39. The first-order valence-electron chi connectivity index (χ1n) is 10.7. The molecule has 3 N–H and O–H groups in total. The molecule has 0 bridgehead atoms. The predicted octanol–water partition coefficient (Wildman–Crippen LogP) is 3.74. The van der Waals surface area contributed by atoms with Crippen LogP contribution in [0.3, 0.4) is 0 Å². The predicted molar refractivity (Wildman–Crippen MR) is 127 cm³/mol. The molecule has 0 radical (unpaired) electrons. The summed E-state index contributed by atoms with van der Waals surface area (Å²) < 4.78 is 6.20. The van der Waals surface area contributed by atoms with Crippen molar-refractivity contribution >= 4 is 44.3 Å². The summed E-state index contributed by atoms with van der Waals surface area (Å²) in [6, 6.07) is 6.35. The summed E-state index contributed by atoms with van der Waals surface area (Å²) in [7, 11) is 0. The maximum atomic E-state index is 10.6. The molecule has 0 saturated carbocycles. The Balaban J connectivity index is 1.44. The lowest BCUT2D eigenvalue weighted by Gasteiger charge is -2.32. The number of morpholine rings is 1. The normalized spacial score (nSPS) is 18.9. The van der Waals surface area contributed by atoms with Crippen molar-refractivity contribution in [2.45, 2.75) is 25.5 Å². The quantitative estimate of drug-likeness (QED) is 0.481. The van der Waals surface area contributed by atoms with Gasteiger partial charge in [-0.3, -0.25) is 4.90 Å². The molecule has 2 saturated heterocycles. The number of halogens is 1. The Morgan fingerprint density at radius 1 is 1.17 bits per heavy atom. The number of nitrogens with one attached hydrogen (secondary N) is 2. The first-order valence-corrected chi connectivity index (χ1v) is 12.3. The van der Waals surface area contributed by atoms with Crippen molar-refractivity contribution in [3.63, 3.8) is 0 Å². The Kier molecular flexibility index (Phi) is 7.83. The fraction of sp³-hybridized carbons (Fsp3) is 0.571. The molecule has 0 spiro atoms. The fourth-order valence-electron chi connectivity index (χ4n) is 3.95. The first-order chi connectivity index (χ1) is 14.7. The SMILES string of the molecule is OC(Nc1ccc(NCCN2CCOCC2)cc1N1CCCCC1)c1csc(Br)n1. The second kappa shape index (κ2) is 10.8. The Bertz CT molecular complexity index is 808. The highest BCUT2D eigenvalue weighted by molar-refractivity contribution is 9.11. The van der Waals surface area contributed by atoms with E-state index in [2.05, 4.69) is 59.5 Å². The molecule has 1 aromatic carbocycles. The number of aliphatic hydroxyl groups excluding tert-OH is 1. The van der Waals surface area contributed by atoms with E-state index >= 15 is 0 Å². The average Bonchev–Trinajstić information content (AvgIpc) is 3.22. The molecule has 9 heteroatoms. The van der Waals surface area contributed by atoms with Crippen molar-refractivity contribution in [1.82, 2.24) is 9.88 Å². The van der Waals surface area contributed by atoms with Crippen LogP contribution in [0.2, 0.25) is 0 Å². The van der Waals surface area contributed by atoms with Gasteiger partial charge in [-0.25, -0.2) is 4.98 Å². The van der Waals surface area contributed by atoms with Crippen molar-refractivity contribution in [3.8, 4) is 0 Å². The molecule has 164 valence electrons. The maximum absolute atomic E-state index is 10.6. The molecule has 2 aliphatic rings. The molecule has 1 unspecified atom stereocenters. The van der Waals surface area contributed by atoms with Crippen molar-refractivity contribution < 1.29 is 9.84 Å². The van der Waals surface area contributed by atoms with E-state index in [4.69, 9.17) is 4.74 Å². The van der Waals surface area contributed by atoms with Gasteiger partial charge in [0.15, 0.2) is 10.1 Å². The summed E-state index contributed by atoms with van der Waals surface area (Å²) in [4.78, 5) is 9.18. The van der Waals surface area contributed by atoms with Crippen molar-refractivity contribution in [3.05, 3.63) is 33.2 Å². The lowest BCUT2D eigenvalue weighted by atomic mass is 10.1. The second-order valence-electron chi connectivity index (χ2n) is 7.73. The number of rotatable bonds is 8. The molecule has 1 atom stereocenters. The Morgan fingerprint density at radius 3 is 2.70 bits per heavy atom. The fourth-order valence-corrected chi connectivity index (χ4v) is 5.00. The molecule has 30 heavy (non-hydrogen) atoms. The van der Waals surface area contributed by atoms with Gasteiger partial charge >= 0.3 is 0 Å². The molecule has 7 nitrogen and oxygen atoms in total. The smallest absolute Gasteiger partial charge is 0.169 e. The lowest BCUT2D eigenvalue weighted by molar-refractivity contribution is 0.0398. The number of hydrogen-bond acceptors (Lipinski definition) is 8. The number of thiazole rings is 1. The molecule has 4 rings (SSSR count). The highest BCUT2D eigenvalue weighted by Gasteiger charge is 2.19. The number of benzene rings is 1. The van der Waals surface area contributed by atoms with Gasteiger partial charge in [-0.05, 0) is 53.4 Å². The minimum Gasteiger partial charge on any atom is -0.384 e. The average molecular weight is 496 g/mol. The minimum absolute atomic E-state index is 0.629. The highest BCUT2D eigenvalue weighted by Crippen LogP contribution is 2.34. The third-order valence-corrected chi connectivity index (χ3v) is 7.00. The van der Waals surface area contributed by atoms with E-state index < -0.39 is 6.23 Å². The van der Waals surface area contributed by atoms with Crippen LogP contribution in [0.1, 0.15) is 31.2 Å². The molecule has 3 heterocycles. The Labute approximate surface area is 190 Å². The molecule has 2 aromatic rings. The number of hydrogen-bond donors (Lipinski definition) is 3. The second-order valence-corrected chi connectivity index (χ2v) is 9.87. The number of aliphatic hydroxyl groups is 1. The van der Waals surface area contributed by atoms with Crippen LogP contribution >= 0.6 is 27.3 Å². The zero-order valence-electron chi connectivity index (χ0n) is 17.1. The maximum Gasteiger partial charge on any atom is 0.169 e. The molecular weight excluding hydrogens is 466 g/mol. The van der Waals surface area contributed by atoms with E-state index in [0.29, 0.717) is 5.69 Å². The standard InChI is InChI=1S/C21H30BrN5O2S/c22-21-25-18(15-30-21)20(28)24-17-5-4-16(14-19(17)27-7-2-1-3-8-27)23-6-9-26-10-12-29-13-11-26/h4-5,14-15,20,23-24,28H,1-3,6-13H2. The van der Waals surface area contributed by atoms with Crippen LogP contribution in [0, 0.1) is 0 Å². The Morgan fingerprint density at radius 2 is 1.97 bits per heavy atom. The first kappa shape index (κ1) is 21.8. The summed E-state index contributed by atoms with van der Waals surface area (Å²) in [5.74, 6) is 0. The van der Waals surface area contributed by atoms with Crippen LogP contribution in [0.4, 0.5) is 17.1 Å². The molecule has 1 aromatic heterocycles. The van der Waals surface area contributed by atoms with Gasteiger partial charge in [0, 0.05) is 50.3 Å². The zero-order chi connectivity index (χ0) is 20.8. The number of nitrogens with zero attached hydrogens (tertiary/aromatic N) is 3. The van der Waals surface area contributed by atoms with Gasteiger partial charge in [0.1, 0.15) is 5.69 Å². The van der Waals surface area contributed by atoms with Crippen LogP contribution in [0.5, 0.6) is 0 Å². The number of piperidine rings is 1. The van der Waals surface area contributed by atoms with Gasteiger partial charge in [-0.15, -0.1) is 11.3 Å². The van der Waals surface area contributed by atoms with E-state index in [9.17, 15) is 5.11 Å². The summed E-state index contributed by atoms with van der Waals surface area (Å²) in [5.41, 5.74) is 3.82. The van der Waals surface area contributed by atoms with Gasteiger partial charge in [0.25, 0.3) is 0 Å². The van der Waals surface area contributed by atoms with Crippen LogP contribution in [-0.2, 0) is 4.74 Å². The molecule has 2 fully saturated rings. The lowest BCUT2D eigenvalue weighted by Crippen LogP contribution is -2.39. The van der Waals surface area contributed by atoms with Gasteiger partial charge in [0.05, 0.1) is 24.6 Å². The van der Waals surface area contributed by atoms with E-state index in [0.717, 1.165) is 73.5 Å². The van der Waals surface area contributed by atoms with E-state index in [1.165, 1.54) is 30.6 Å². The van der Waals surface area contributed by atoms with Gasteiger partial charge in [-0.1, -0.05) is 0 Å². The van der Waals surface area contributed by atoms with Crippen molar-refractivity contribution in [2.75, 3.05) is 68.0 Å². The van der Waals surface area contributed by atoms with E-state index in [1.54, 1.807) is 0 Å². The summed E-state index contributed by atoms with van der Waals surface area (Å²) >= 11 is 4.84. The summed E-state index contributed by atoms with van der Waals surface area (Å²) in [6.45, 7) is 7.69. The van der Waals surface area contributed by atoms with E-state index in [1.807, 2.05) is 5.38 Å². The van der Waals surface area contributed by atoms with Gasteiger partial charge in [0.2, 0.25) is 0 Å². The monoisotopic (exact) mass is 495 g/mol. The number of aromatic nitrogens is 1. The molecule has 0 aliphatic carbocycles. The zero-order valence-corrected chi connectivity index (χ0v) is 19.6. The van der Waals surface area contributed by atoms with Crippen LogP contribution < -0.4 is 15.5 Å². The third-order valence-electron chi connectivity index (χ3n) is 5.62. The van der Waals surface area contributed by atoms with Crippen molar-refractivity contribution in [2.24, 2.45) is 0 Å². The van der Waals surface area contributed by atoms with Crippen LogP contribution in [0.15, 0.2) is 27.5 Å². The summed E-state index contributed by atoms with van der Waals surface area (Å²) in [5, 5.41) is 19.3. The third kappa shape index (κ3) is 5.85. The number of anilines is 3.